The summed E-state index contributed by atoms with van der Waals surface area (Å²) in [6, 6.07) is 28.8. The molecule has 0 saturated carbocycles. The lowest BCUT2D eigenvalue weighted by atomic mass is 10.1. The standard InChI is InChI=1S/C30H29NO4/c1-34-30(33)26-13-9-23(10-14-26)19-24(20-31-18-17-22-11-15-27(32)16-12-22)21-35-29-8-4-6-25-5-2-3-7-28(25)29/h2-16,19,31-32H,17-18,20-21H2,1H3/b24-19-. The van der Waals surface area contributed by atoms with Gasteiger partial charge in [-0.3, -0.25) is 0 Å². The summed E-state index contributed by atoms with van der Waals surface area (Å²) in [6.07, 6.45) is 2.94. The third-order valence-electron chi connectivity index (χ3n) is 5.74. The van der Waals surface area contributed by atoms with Crippen LogP contribution in [0, 0.1) is 0 Å². The van der Waals surface area contributed by atoms with Gasteiger partial charge in [0.15, 0.2) is 0 Å². The molecule has 0 aliphatic heterocycles. The number of hydrogen-bond donors (Lipinski definition) is 2. The Labute approximate surface area is 205 Å². The van der Waals surface area contributed by atoms with Gasteiger partial charge in [0, 0.05) is 11.9 Å². The smallest absolute Gasteiger partial charge is 0.337 e. The number of benzene rings is 4. The zero-order valence-electron chi connectivity index (χ0n) is 19.7. The van der Waals surface area contributed by atoms with Crippen LogP contribution in [0.5, 0.6) is 11.5 Å². The number of nitrogens with one attached hydrogen (secondary N) is 1. The predicted octanol–water partition coefficient (Wildman–Crippen LogP) is 5.63. The van der Waals surface area contributed by atoms with Gasteiger partial charge in [-0.2, -0.15) is 0 Å². The van der Waals surface area contributed by atoms with Crippen LogP contribution in [0.4, 0.5) is 0 Å². The zero-order valence-corrected chi connectivity index (χ0v) is 19.7. The topological polar surface area (TPSA) is 67.8 Å². The fourth-order valence-corrected chi connectivity index (χ4v) is 3.85. The number of carbonyl (C=O) groups excluding carboxylic acids is 1. The minimum atomic E-state index is -0.351. The molecule has 4 rings (SSSR count). The van der Waals surface area contributed by atoms with Gasteiger partial charge in [0.2, 0.25) is 0 Å². The van der Waals surface area contributed by atoms with E-state index >= 15 is 0 Å². The minimum absolute atomic E-state index is 0.274. The Balaban J connectivity index is 1.46. The molecule has 5 nitrogen and oxygen atoms in total. The van der Waals surface area contributed by atoms with Crippen LogP contribution in [0.1, 0.15) is 21.5 Å². The second-order valence-electron chi connectivity index (χ2n) is 8.28. The predicted molar refractivity (Wildman–Crippen MR) is 140 cm³/mol. The van der Waals surface area contributed by atoms with Crippen molar-refractivity contribution in [2.75, 3.05) is 26.8 Å². The SMILES string of the molecule is COC(=O)c1ccc(/C=C(/CNCCc2ccc(O)cc2)COc2cccc3ccccc23)cc1. The van der Waals surface area contributed by atoms with Crippen molar-refractivity contribution < 1.29 is 19.4 Å². The lowest BCUT2D eigenvalue weighted by Crippen LogP contribution is -2.22. The van der Waals surface area contributed by atoms with Gasteiger partial charge in [0.1, 0.15) is 18.1 Å². The Morgan fingerprint density at radius 2 is 1.66 bits per heavy atom. The monoisotopic (exact) mass is 467 g/mol. The molecule has 0 aliphatic carbocycles. The molecule has 4 aromatic rings. The average Bonchev–Trinajstić information content (AvgIpc) is 2.90. The van der Waals surface area contributed by atoms with Gasteiger partial charge in [0.05, 0.1) is 12.7 Å². The number of phenols is 1. The molecule has 2 N–H and O–H groups in total. The van der Waals surface area contributed by atoms with Crippen LogP contribution in [0.2, 0.25) is 0 Å². The lowest BCUT2D eigenvalue weighted by molar-refractivity contribution is 0.0600. The highest BCUT2D eigenvalue weighted by Crippen LogP contribution is 2.25. The van der Waals surface area contributed by atoms with Gasteiger partial charge < -0.3 is 19.9 Å². The van der Waals surface area contributed by atoms with Crippen molar-refractivity contribution in [1.82, 2.24) is 5.32 Å². The Bertz CT molecular complexity index is 1290. The molecule has 0 spiro atoms. The number of aromatic hydroxyl groups is 1. The summed E-state index contributed by atoms with van der Waals surface area (Å²) in [5.41, 5.74) is 3.74. The summed E-state index contributed by atoms with van der Waals surface area (Å²) in [5.74, 6) is 0.769. The van der Waals surface area contributed by atoms with Crippen LogP contribution in [-0.2, 0) is 11.2 Å². The normalized spacial score (nSPS) is 11.4. The maximum Gasteiger partial charge on any atom is 0.337 e. The molecule has 178 valence electrons. The van der Waals surface area contributed by atoms with Crippen LogP contribution in [0.25, 0.3) is 16.8 Å². The Hall–Kier alpha value is -4.09. The summed E-state index contributed by atoms with van der Waals surface area (Å²) in [6.45, 7) is 1.87. The molecule has 0 aromatic heterocycles. The van der Waals surface area contributed by atoms with Crippen molar-refractivity contribution in [3.63, 3.8) is 0 Å². The first-order chi connectivity index (χ1) is 17.1. The van der Waals surface area contributed by atoms with E-state index in [1.54, 1.807) is 24.3 Å². The number of carbonyl (C=O) groups is 1. The first-order valence-corrected chi connectivity index (χ1v) is 11.6. The fourth-order valence-electron chi connectivity index (χ4n) is 3.85. The molecule has 0 atom stereocenters. The van der Waals surface area contributed by atoms with Crippen molar-refractivity contribution in [2.45, 2.75) is 6.42 Å². The van der Waals surface area contributed by atoms with E-state index < -0.39 is 0 Å². The van der Waals surface area contributed by atoms with Crippen molar-refractivity contribution >= 4 is 22.8 Å². The highest BCUT2D eigenvalue weighted by molar-refractivity contribution is 5.89. The third kappa shape index (κ3) is 6.71. The number of phenolic OH excluding ortho intramolecular Hbond substituents is 1. The molecule has 35 heavy (non-hydrogen) atoms. The molecule has 0 aliphatic rings. The minimum Gasteiger partial charge on any atom is -0.508 e. The molecule has 0 fully saturated rings. The van der Waals surface area contributed by atoms with Crippen LogP contribution in [0.3, 0.4) is 0 Å². The number of esters is 1. The van der Waals surface area contributed by atoms with E-state index in [9.17, 15) is 9.90 Å². The quantitative estimate of drug-likeness (QED) is 0.234. The van der Waals surface area contributed by atoms with E-state index in [-0.39, 0.29) is 11.7 Å². The van der Waals surface area contributed by atoms with Gasteiger partial charge in [-0.1, -0.05) is 66.7 Å². The molecule has 0 radical (unpaired) electrons. The second-order valence-corrected chi connectivity index (χ2v) is 8.28. The molecule has 0 unspecified atom stereocenters. The van der Waals surface area contributed by atoms with E-state index in [2.05, 4.69) is 29.6 Å². The summed E-state index contributed by atoms with van der Waals surface area (Å²) in [4.78, 5) is 11.7. The third-order valence-corrected chi connectivity index (χ3v) is 5.74. The number of ether oxygens (including phenoxy) is 2. The Morgan fingerprint density at radius 3 is 2.43 bits per heavy atom. The maximum atomic E-state index is 11.7. The van der Waals surface area contributed by atoms with Crippen molar-refractivity contribution in [2.24, 2.45) is 0 Å². The average molecular weight is 468 g/mol. The lowest BCUT2D eigenvalue weighted by Gasteiger charge is -2.14. The molecule has 5 heteroatoms. The summed E-state index contributed by atoms with van der Waals surface area (Å²) in [5, 5.41) is 15.2. The number of methoxy groups -OCH3 is 1. The van der Waals surface area contributed by atoms with Gasteiger partial charge in [-0.25, -0.2) is 4.79 Å². The first kappa shape index (κ1) is 24.0. The molecular weight excluding hydrogens is 438 g/mol. The number of fused-ring (bicyclic) bond motifs is 1. The van der Waals surface area contributed by atoms with E-state index in [1.807, 2.05) is 48.5 Å². The number of rotatable bonds is 10. The maximum absolute atomic E-state index is 11.7. The van der Waals surface area contributed by atoms with E-state index in [4.69, 9.17) is 9.47 Å². The molecule has 0 saturated heterocycles. The number of hydrogen-bond acceptors (Lipinski definition) is 5. The van der Waals surface area contributed by atoms with Gasteiger partial charge in [-0.05, 0) is 65.4 Å². The first-order valence-electron chi connectivity index (χ1n) is 11.6. The highest BCUT2D eigenvalue weighted by Gasteiger charge is 2.07. The zero-order chi connectivity index (χ0) is 24.5. The van der Waals surface area contributed by atoms with Gasteiger partial charge in [-0.15, -0.1) is 0 Å². The van der Waals surface area contributed by atoms with Gasteiger partial charge >= 0.3 is 5.97 Å². The largest absolute Gasteiger partial charge is 0.508 e. The van der Waals surface area contributed by atoms with E-state index in [0.717, 1.165) is 46.2 Å². The molecule has 0 amide bonds. The fraction of sp³-hybridized carbons (Fsp3) is 0.167. The van der Waals surface area contributed by atoms with Crippen LogP contribution < -0.4 is 10.1 Å². The summed E-state index contributed by atoms with van der Waals surface area (Å²) < 4.78 is 11.0. The van der Waals surface area contributed by atoms with Crippen LogP contribution in [-0.4, -0.2) is 37.9 Å². The molecule has 4 aromatic carbocycles. The Morgan fingerprint density at radius 1 is 0.914 bits per heavy atom. The van der Waals surface area contributed by atoms with E-state index in [0.29, 0.717) is 18.7 Å². The van der Waals surface area contributed by atoms with E-state index in [1.165, 1.54) is 7.11 Å². The van der Waals surface area contributed by atoms with Crippen molar-refractivity contribution in [3.05, 3.63) is 113 Å². The molecule has 0 bridgehead atoms. The van der Waals surface area contributed by atoms with Crippen molar-refractivity contribution in [1.29, 1.82) is 0 Å². The highest BCUT2D eigenvalue weighted by atomic mass is 16.5. The summed E-state index contributed by atoms with van der Waals surface area (Å²) >= 11 is 0. The molecular formula is C30H29NO4. The Kier molecular flexibility index (Phi) is 8.15. The second kappa shape index (κ2) is 11.9. The molecule has 0 heterocycles. The van der Waals surface area contributed by atoms with Crippen molar-refractivity contribution in [3.8, 4) is 11.5 Å². The van der Waals surface area contributed by atoms with Crippen LogP contribution >= 0.6 is 0 Å². The van der Waals surface area contributed by atoms with Crippen LogP contribution in [0.15, 0.2) is 96.6 Å². The van der Waals surface area contributed by atoms with Gasteiger partial charge in [0.25, 0.3) is 0 Å². The summed E-state index contributed by atoms with van der Waals surface area (Å²) in [7, 11) is 1.38.